The lowest BCUT2D eigenvalue weighted by molar-refractivity contribution is -0.0287. The second kappa shape index (κ2) is 10.2. The Bertz CT molecular complexity index is 2150. The average molecular weight is 741 g/mol. The van der Waals surface area contributed by atoms with Crippen LogP contribution in [0.5, 0.6) is 5.75 Å². The zero-order valence-corrected chi connectivity index (χ0v) is 30.9. The lowest BCUT2D eigenvalue weighted by atomic mass is 9.73. The van der Waals surface area contributed by atoms with Crippen molar-refractivity contribution in [3.05, 3.63) is 89.2 Å². The van der Waals surface area contributed by atoms with Crippen LogP contribution in [0.3, 0.4) is 0 Å². The molecule has 2 spiro atoms. The topological polar surface area (TPSA) is 80.3 Å². The summed E-state index contributed by atoms with van der Waals surface area (Å²) < 4.78 is 44.7. The third-order valence-electron chi connectivity index (χ3n) is 17.6. The molecule has 2 heterocycles. The Labute approximate surface area is 319 Å². The van der Waals surface area contributed by atoms with Gasteiger partial charge in [0.1, 0.15) is 18.3 Å². The largest absolute Gasteiger partial charge is 0.487 e. The zero-order chi connectivity index (χ0) is 36.3. The minimum atomic E-state index is -0.621. The van der Waals surface area contributed by atoms with E-state index in [1.165, 1.54) is 49.1 Å². The summed E-state index contributed by atoms with van der Waals surface area (Å²) in [5.41, 5.74) is 5.27. The molecule has 0 N–H and O–H groups in total. The van der Waals surface area contributed by atoms with E-state index in [-0.39, 0.29) is 25.1 Å². The smallest absolute Gasteiger partial charge is 0.338 e. The molecule has 3 aromatic carbocycles. The Balaban J connectivity index is 0.555. The van der Waals surface area contributed by atoms with Gasteiger partial charge in [-0.1, -0.05) is 37.3 Å². The van der Waals surface area contributed by atoms with Gasteiger partial charge in [0.25, 0.3) is 0 Å². The van der Waals surface area contributed by atoms with E-state index in [2.05, 4.69) is 19.1 Å². The molecule has 11 fully saturated rings. The molecule has 3 aromatic rings. The summed E-state index contributed by atoms with van der Waals surface area (Å²) in [6.45, 7) is 2.68. The first-order valence-corrected chi connectivity index (χ1v) is 21.2. The van der Waals surface area contributed by atoms with Crippen LogP contribution in [0.25, 0.3) is 11.1 Å². The van der Waals surface area contributed by atoms with Crippen LogP contribution in [0.15, 0.2) is 66.7 Å². The second-order valence-electron chi connectivity index (χ2n) is 19.6. The summed E-state index contributed by atoms with van der Waals surface area (Å²) in [5.74, 6) is 10.4. The van der Waals surface area contributed by atoms with E-state index in [0.29, 0.717) is 45.6 Å². The van der Waals surface area contributed by atoms with E-state index in [1.54, 1.807) is 36.8 Å². The summed E-state index contributed by atoms with van der Waals surface area (Å²) in [6, 6.07) is 20.0. The van der Waals surface area contributed by atoms with Crippen LogP contribution in [0, 0.1) is 81.7 Å². The van der Waals surface area contributed by atoms with Crippen molar-refractivity contribution in [1.82, 2.24) is 0 Å². The highest BCUT2D eigenvalue weighted by atomic mass is 19.1. The normalized spacial score (nSPS) is 49.5. The van der Waals surface area contributed by atoms with Gasteiger partial charge in [-0.15, -0.1) is 0 Å². The van der Waals surface area contributed by atoms with Crippen LogP contribution in [0.1, 0.15) is 71.2 Å². The van der Waals surface area contributed by atoms with Crippen LogP contribution in [0.4, 0.5) is 4.39 Å². The van der Waals surface area contributed by atoms with Crippen molar-refractivity contribution in [3.8, 4) is 16.9 Å². The van der Waals surface area contributed by atoms with Gasteiger partial charge in [-0.25, -0.2) is 14.0 Å². The number of esters is 2. The van der Waals surface area contributed by atoms with Gasteiger partial charge in [0.2, 0.25) is 0 Å². The predicted octanol–water partition coefficient (Wildman–Crippen LogP) is 7.72. The number of hydrogen-bond donors (Lipinski definition) is 0. The monoisotopic (exact) mass is 740 g/mol. The first kappa shape index (κ1) is 31.3. The van der Waals surface area contributed by atoms with Gasteiger partial charge in [-0.3, -0.25) is 0 Å². The third kappa shape index (κ3) is 4.08. The SMILES string of the molecule is CC1C2C1C21C2C(Oc3ccc(-c4ccc(C(=O)O[C@@H]5CO[C@@H]6[C@H]5OC[C@@H]6OC(=O)c5ccc(C6CCC(C7C8C7C87C8CC87)CC6)cc5)cc4)cc3F)C21. The summed E-state index contributed by atoms with van der Waals surface area (Å²) in [4.78, 5) is 26.3. The number of hydrogen-bond acceptors (Lipinski definition) is 7. The van der Waals surface area contributed by atoms with Gasteiger partial charge in [0.15, 0.2) is 23.8 Å². The van der Waals surface area contributed by atoms with Gasteiger partial charge in [0, 0.05) is 11.8 Å². The maximum absolute atomic E-state index is 15.0. The molecule has 55 heavy (non-hydrogen) atoms. The minimum absolute atomic E-state index is 0.158. The molecule has 9 aliphatic carbocycles. The van der Waals surface area contributed by atoms with Gasteiger partial charge in [0.05, 0.1) is 24.3 Å². The molecular weight excluding hydrogens is 696 g/mol. The predicted molar refractivity (Wildman–Crippen MR) is 195 cm³/mol. The van der Waals surface area contributed by atoms with E-state index in [9.17, 15) is 9.59 Å². The van der Waals surface area contributed by atoms with E-state index >= 15 is 4.39 Å². The Morgan fingerprint density at radius 1 is 0.691 bits per heavy atom. The van der Waals surface area contributed by atoms with E-state index in [0.717, 1.165) is 52.4 Å². The first-order chi connectivity index (χ1) is 26.9. The Morgan fingerprint density at radius 2 is 1.27 bits per heavy atom. The quantitative estimate of drug-likeness (QED) is 0.208. The summed E-state index contributed by atoms with van der Waals surface area (Å²) in [6.07, 6.45) is 4.75. The Morgan fingerprint density at radius 3 is 1.82 bits per heavy atom. The van der Waals surface area contributed by atoms with Gasteiger partial charge >= 0.3 is 11.9 Å². The molecule has 282 valence electrons. The maximum Gasteiger partial charge on any atom is 0.338 e. The molecule has 7 nitrogen and oxygen atoms in total. The molecule has 11 aliphatic rings. The van der Waals surface area contributed by atoms with E-state index in [1.807, 2.05) is 18.2 Å². The van der Waals surface area contributed by atoms with Crippen molar-refractivity contribution < 1.29 is 37.7 Å². The number of rotatable bonds is 9. The van der Waals surface area contributed by atoms with E-state index < -0.39 is 36.4 Å². The lowest BCUT2D eigenvalue weighted by Gasteiger charge is -2.32. The molecule has 9 saturated carbocycles. The minimum Gasteiger partial charge on any atom is -0.487 e. The number of benzene rings is 3. The highest BCUT2D eigenvalue weighted by Crippen LogP contribution is 3.05. The fourth-order valence-corrected chi connectivity index (χ4v) is 14.5. The standard InChI is InChI=1S/C47H45FO7/c1-20-35-36(20)47(35)39-40(47)43(39)53-31-15-14-27(16-30(31)48)23-6-12-26(13-7-23)45(50)55-33-19-52-41-32(18-51-42(33)41)54-44(49)25-10-4-22(5-11-25)21-2-8-24(9-3-21)34-37-38(34)46(37)28-17-29(28)46/h4-7,10-16,20-21,24,28-29,32-43H,2-3,8-9,17-19H2,1H3/t20?,21?,24?,28?,29?,32-,33+,34?,35?,36?,37?,38?,39?,40?,41-,42-,43?,46?,47?/m0/s1. The molecule has 12 atom stereocenters. The van der Waals surface area contributed by atoms with Gasteiger partial charge < -0.3 is 23.7 Å². The van der Waals surface area contributed by atoms with Crippen LogP contribution in [-0.4, -0.2) is 55.7 Å². The molecular formula is C47H45FO7. The zero-order valence-electron chi connectivity index (χ0n) is 30.9. The number of carbonyl (C=O) groups is 2. The van der Waals surface area contributed by atoms with Crippen molar-refractivity contribution in [3.63, 3.8) is 0 Å². The van der Waals surface area contributed by atoms with Crippen LogP contribution < -0.4 is 4.74 Å². The third-order valence-corrected chi connectivity index (χ3v) is 17.6. The van der Waals surface area contributed by atoms with Crippen molar-refractivity contribution in [2.24, 2.45) is 75.9 Å². The first-order valence-electron chi connectivity index (χ1n) is 21.2. The average Bonchev–Trinajstić information content (AvgIpc) is 3.98. The number of halogens is 1. The summed E-state index contributed by atoms with van der Waals surface area (Å²) in [5, 5.41) is 0. The van der Waals surface area contributed by atoms with Gasteiger partial charge in [-0.2, -0.15) is 0 Å². The number of carbonyl (C=O) groups excluding carboxylic acids is 2. The molecule has 2 saturated heterocycles. The molecule has 2 aliphatic heterocycles. The molecule has 0 aromatic heterocycles. The lowest BCUT2D eigenvalue weighted by Crippen LogP contribution is -2.36. The Kier molecular flexibility index (Phi) is 5.82. The van der Waals surface area contributed by atoms with Gasteiger partial charge in [-0.05, 0) is 155 Å². The molecule has 8 heteroatoms. The molecule has 0 bridgehead atoms. The fraction of sp³-hybridized carbons (Fsp3) is 0.574. The molecule has 0 amide bonds. The second-order valence-corrected chi connectivity index (χ2v) is 19.6. The van der Waals surface area contributed by atoms with Crippen LogP contribution in [-0.2, 0) is 18.9 Å². The number of ether oxygens (including phenoxy) is 5. The Hall–Kier alpha value is -3.75. The van der Waals surface area contributed by atoms with Crippen molar-refractivity contribution in [2.45, 2.75) is 75.5 Å². The molecule has 0 radical (unpaired) electrons. The fourth-order valence-electron chi connectivity index (χ4n) is 14.5. The van der Waals surface area contributed by atoms with E-state index in [4.69, 9.17) is 23.7 Å². The molecule has 14 rings (SSSR count). The van der Waals surface area contributed by atoms with Crippen LogP contribution in [0.2, 0.25) is 0 Å². The van der Waals surface area contributed by atoms with Crippen molar-refractivity contribution in [2.75, 3.05) is 13.2 Å². The summed E-state index contributed by atoms with van der Waals surface area (Å²) in [7, 11) is 0. The van der Waals surface area contributed by atoms with Crippen molar-refractivity contribution >= 4 is 11.9 Å². The number of fused-ring (bicyclic) bond motifs is 13. The highest BCUT2D eigenvalue weighted by Gasteiger charge is 3.05. The highest BCUT2D eigenvalue weighted by molar-refractivity contribution is 5.90. The molecule has 8 unspecified atom stereocenters. The van der Waals surface area contributed by atoms with Crippen molar-refractivity contribution in [1.29, 1.82) is 0 Å². The maximum atomic E-state index is 15.0. The summed E-state index contributed by atoms with van der Waals surface area (Å²) >= 11 is 0. The van der Waals surface area contributed by atoms with Crippen LogP contribution >= 0.6 is 0 Å².